The van der Waals surface area contributed by atoms with Gasteiger partial charge in [0.2, 0.25) is 0 Å². The van der Waals surface area contributed by atoms with Gasteiger partial charge >= 0.3 is 5.97 Å². The number of carboxylic acid groups (broad SMARTS) is 1. The summed E-state index contributed by atoms with van der Waals surface area (Å²) < 4.78 is 0. The molecule has 5 saturated carbocycles. The molecule has 0 aromatic rings. The maximum Gasteiger partial charge on any atom is 0.309 e. The molecule has 5 fully saturated rings. The van der Waals surface area contributed by atoms with E-state index in [9.17, 15) is 20.2 Å². The lowest BCUT2D eigenvalue weighted by Gasteiger charge is -2.72. The molecule has 0 aromatic heterocycles. The number of hydrogen-bond donors (Lipinski definition) is 3. The number of hydrogen-bond acceptors (Lipinski definition) is 4. The summed E-state index contributed by atoms with van der Waals surface area (Å²) in [5.74, 6) is 1.04. The van der Waals surface area contributed by atoms with Crippen molar-refractivity contribution >= 4 is 11.7 Å². The molecule has 5 nitrogen and oxygen atoms in total. The van der Waals surface area contributed by atoms with E-state index in [1.807, 2.05) is 0 Å². The highest BCUT2D eigenvalue weighted by Gasteiger charge is 2.72. The lowest BCUT2D eigenvalue weighted by Crippen LogP contribution is -2.67. The van der Waals surface area contributed by atoms with Crippen LogP contribution in [0.25, 0.3) is 0 Å². The van der Waals surface area contributed by atoms with Gasteiger partial charge in [-0.25, -0.2) is 0 Å². The third-order valence-corrected chi connectivity index (χ3v) is 14.0. The van der Waals surface area contributed by atoms with Crippen molar-refractivity contribution in [3.05, 3.63) is 12.2 Å². The van der Waals surface area contributed by atoms with Gasteiger partial charge in [0.25, 0.3) is 0 Å². The molecule has 0 heterocycles. The molecule has 202 valence electrons. The minimum atomic E-state index is -0.657. The SMILES string of the molecule is C=C(CO)[C@@H]1CC[C@]2(C(=O)O)CC[C@]3(C)[C@H](CC[C@@H]4[C@@]5(C)CCC(=NO)C(C)(CC)[C@@H]5CC[C@]43C)[C@@H]12. The Bertz CT molecular complexity index is 976. The fourth-order valence-corrected chi connectivity index (χ4v) is 11.8. The lowest BCUT2D eigenvalue weighted by molar-refractivity contribution is -0.231. The van der Waals surface area contributed by atoms with Gasteiger partial charge in [0.05, 0.1) is 17.7 Å². The van der Waals surface area contributed by atoms with Crippen LogP contribution in [0, 0.1) is 56.7 Å². The largest absolute Gasteiger partial charge is 0.481 e. The molecule has 36 heavy (non-hydrogen) atoms. The molecule has 5 aliphatic carbocycles. The zero-order chi connectivity index (χ0) is 26.3. The number of fused-ring (bicyclic) bond motifs is 7. The molecule has 5 aliphatic rings. The highest BCUT2D eigenvalue weighted by molar-refractivity contribution is 5.90. The van der Waals surface area contributed by atoms with E-state index >= 15 is 0 Å². The van der Waals surface area contributed by atoms with E-state index < -0.39 is 11.4 Å². The van der Waals surface area contributed by atoms with Gasteiger partial charge < -0.3 is 15.4 Å². The van der Waals surface area contributed by atoms with Crippen molar-refractivity contribution in [1.29, 1.82) is 0 Å². The van der Waals surface area contributed by atoms with E-state index in [1.54, 1.807) is 0 Å². The number of nitrogens with zero attached hydrogens (tertiary/aromatic N) is 1. The third kappa shape index (κ3) is 2.98. The van der Waals surface area contributed by atoms with Crippen molar-refractivity contribution in [2.45, 2.75) is 105 Å². The van der Waals surface area contributed by atoms with Crippen LogP contribution in [0.4, 0.5) is 0 Å². The first-order valence-corrected chi connectivity index (χ1v) is 14.6. The zero-order valence-corrected chi connectivity index (χ0v) is 23.3. The van der Waals surface area contributed by atoms with Gasteiger partial charge in [-0.15, -0.1) is 0 Å². The van der Waals surface area contributed by atoms with Gasteiger partial charge in [0, 0.05) is 5.41 Å². The van der Waals surface area contributed by atoms with Gasteiger partial charge in [-0.2, -0.15) is 0 Å². The molecular weight excluding hydrogens is 450 g/mol. The Hall–Kier alpha value is -1.36. The Morgan fingerprint density at radius 3 is 2.31 bits per heavy atom. The first kappa shape index (κ1) is 26.3. The second-order valence-electron chi connectivity index (χ2n) is 14.4. The summed E-state index contributed by atoms with van der Waals surface area (Å²) >= 11 is 0. The molecule has 0 radical (unpaired) electrons. The van der Waals surface area contributed by atoms with Crippen molar-refractivity contribution < 1.29 is 20.2 Å². The summed E-state index contributed by atoms with van der Waals surface area (Å²) in [6.07, 6.45) is 10.8. The Morgan fingerprint density at radius 1 is 0.972 bits per heavy atom. The maximum atomic E-state index is 12.8. The van der Waals surface area contributed by atoms with Crippen molar-refractivity contribution in [2.75, 3.05) is 6.61 Å². The van der Waals surface area contributed by atoms with Crippen molar-refractivity contribution in [3.63, 3.8) is 0 Å². The van der Waals surface area contributed by atoms with Crippen LogP contribution in [0.2, 0.25) is 0 Å². The quantitative estimate of drug-likeness (QED) is 0.222. The van der Waals surface area contributed by atoms with Crippen LogP contribution in [0.15, 0.2) is 17.3 Å². The molecule has 10 atom stereocenters. The van der Waals surface area contributed by atoms with Gasteiger partial charge in [-0.1, -0.05) is 46.4 Å². The molecule has 1 unspecified atom stereocenters. The fourth-order valence-electron chi connectivity index (χ4n) is 11.8. The van der Waals surface area contributed by atoms with Crippen molar-refractivity contribution in [3.8, 4) is 0 Å². The van der Waals surface area contributed by atoms with Crippen LogP contribution < -0.4 is 0 Å². The second-order valence-corrected chi connectivity index (χ2v) is 14.4. The second kappa shape index (κ2) is 8.32. The average molecular weight is 500 g/mol. The average Bonchev–Trinajstić information content (AvgIpc) is 3.25. The summed E-state index contributed by atoms with van der Waals surface area (Å²) in [5.41, 5.74) is 1.57. The molecule has 0 aromatic carbocycles. The number of oxime groups is 1. The predicted octanol–water partition coefficient (Wildman–Crippen LogP) is 6.92. The van der Waals surface area contributed by atoms with E-state index in [-0.39, 0.29) is 40.1 Å². The number of carboxylic acids is 1. The van der Waals surface area contributed by atoms with Gasteiger partial charge in [-0.05, 0) is 122 Å². The van der Waals surface area contributed by atoms with Crippen LogP contribution in [-0.2, 0) is 4.79 Å². The molecule has 5 heteroatoms. The number of aliphatic hydroxyl groups is 1. The summed E-state index contributed by atoms with van der Waals surface area (Å²) in [5, 5.41) is 34.2. The summed E-state index contributed by atoms with van der Waals surface area (Å²) in [6.45, 7) is 16.4. The Kier molecular flexibility index (Phi) is 6.07. The number of aliphatic carboxylic acids is 1. The Balaban J connectivity index is 1.56. The van der Waals surface area contributed by atoms with E-state index in [2.05, 4.69) is 46.4 Å². The van der Waals surface area contributed by atoms with Crippen LogP contribution in [0.1, 0.15) is 105 Å². The molecule has 0 spiro atoms. The molecule has 0 aliphatic heterocycles. The van der Waals surface area contributed by atoms with Gasteiger partial charge in [0.15, 0.2) is 0 Å². The summed E-state index contributed by atoms with van der Waals surface area (Å²) in [6, 6.07) is 0. The Morgan fingerprint density at radius 2 is 1.69 bits per heavy atom. The predicted molar refractivity (Wildman–Crippen MR) is 142 cm³/mol. The number of rotatable bonds is 4. The first-order chi connectivity index (χ1) is 16.9. The van der Waals surface area contributed by atoms with Gasteiger partial charge in [-0.3, -0.25) is 4.79 Å². The van der Waals surface area contributed by atoms with E-state index in [0.29, 0.717) is 17.8 Å². The maximum absolute atomic E-state index is 12.8. The normalized spacial score (nSPS) is 53.2. The minimum absolute atomic E-state index is 0.0374. The first-order valence-electron chi connectivity index (χ1n) is 14.6. The molecule has 0 amide bonds. The molecule has 3 N–H and O–H groups in total. The minimum Gasteiger partial charge on any atom is -0.481 e. The number of carbonyl (C=O) groups is 1. The van der Waals surface area contributed by atoms with E-state index in [0.717, 1.165) is 81.9 Å². The molecular formula is C31H49NO4. The molecule has 0 bridgehead atoms. The van der Waals surface area contributed by atoms with E-state index in [1.165, 1.54) is 0 Å². The summed E-state index contributed by atoms with van der Waals surface area (Å²) in [7, 11) is 0. The lowest BCUT2D eigenvalue weighted by atomic mass is 9.32. The van der Waals surface area contributed by atoms with Crippen LogP contribution in [-0.4, -0.2) is 33.7 Å². The molecule has 5 rings (SSSR count). The monoisotopic (exact) mass is 499 g/mol. The highest BCUT2D eigenvalue weighted by Crippen LogP contribution is 2.77. The number of aliphatic hydroxyl groups excluding tert-OH is 1. The van der Waals surface area contributed by atoms with Crippen LogP contribution in [0.3, 0.4) is 0 Å². The van der Waals surface area contributed by atoms with Crippen molar-refractivity contribution in [1.82, 2.24) is 0 Å². The molecule has 0 saturated heterocycles. The van der Waals surface area contributed by atoms with Gasteiger partial charge in [0.1, 0.15) is 0 Å². The Labute approximate surface area is 217 Å². The standard InChI is InChI=1S/C31H49NO4/c1-7-27(3)22-11-14-30(6)23(28(22,4)13-12-24(27)32-36)9-8-21-25-20(19(2)18-33)10-15-31(25,26(34)35)17-16-29(21,30)5/h20-23,25,33,36H,2,7-18H2,1,3-6H3,(H,34,35)/t20-,21+,22-,23+,25+,27?,28-,29+,30+,31-/m0/s1. The summed E-state index contributed by atoms with van der Waals surface area (Å²) in [4.78, 5) is 12.8. The van der Waals surface area contributed by atoms with Crippen LogP contribution >= 0.6 is 0 Å². The topological polar surface area (TPSA) is 90.1 Å². The third-order valence-electron chi connectivity index (χ3n) is 14.0. The van der Waals surface area contributed by atoms with E-state index in [4.69, 9.17) is 0 Å². The zero-order valence-electron chi connectivity index (χ0n) is 23.3. The smallest absolute Gasteiger partial charge is 0.309 e. The fraction of sp³-hybridized carbons (Fsp3) is 0.871. The highest BCUT2D eigenvalue weighted by atomic mass is 16.4. The van der Waals surface area contributed by atoms with Crippen molar-refractivity contribution in [2.24, 2.45) is 61.8 Å². The van der Waals surface area contributed by atoms with Crippen LogP contribution in [0.5, 0.6) is 0 Å².